The first kappa shape index (κ1) is 17.7. The molecule has 1 aliphatic carbocycles. The van der Waals surface area contributed by atoms with E-state index in [2.05, 4.69) is 9.97 Å². The van der Waals surface area contributed by atoms with Crippen molar-refractivity contribution in [2.75, 3.05) is 31.1 Å². The van der Waals surface area contributed by atoms with Gasteiger partial charge in [0.15, 0.2) is 0 Å². The van der Waals surface area contributed by atoms with E-state index in [1.54, 1.807) is 0 Å². The van der Waals surface area contributed by atoms with Gasteiger partial charge in [-0.1, -0.05) is 24.3 Å². The van der Waals surface area contributed by atoms with Crippen molar-refractivity contribution in [3.8, 4) is 0 Å². The van der Waals surface area contributed by atoms with Crippen LogP contribution in [0.25, 0.3) is 0 Å². The van der Waals surface area contributed by atoms with Crippen LogP contribution >= 0.6 is 0 Å². The Balaban J connectivity index is 1.41. The fraction of sp³-hybridized carbons (Fsp3) is 0.450. The third-order valence-corrected chi connectivity index (χ3v) is 5.37. The topological polar surface area (TPSA) is 69.3 Å². The standard InChI is InChI=1S/C20H23FN4O2/c1-13-4-2-3-5-15(13)12-16(26)24-8-10-25(11-9-24)20-22-18(14-6-7-14)17(21)19(27)23-20/h2-5,14H,6-12H2,1H3,(H,22,23,27). The minimum absolute atomic E-state index is 0.0722. The number of H-pyrrole nitrogens is 1. The summed E-state index contributed by atoms with van der Waals surface area (Å²) in [4.78, 5) is 35.1. The van der Waals surface area contributed by atoms with Crippen LogP contribution in [0.15, 0.2) is 29.1 Å². The number of benzene rings is 1. The van der Waals surface area contributed by atoms with Gasteiger partial charge < -0.3 is 9.80 Å². The average molecular weight is 370 g/mol. The SMILES string of the molecule is Cc1ccccc1CC(=O)N1CCN(c2nc(C3CC3)c(F)c(=O)[nH]2)CC1. The molecule has 0 unspecified atom stereocenters. The van der Waals surface area contributed by atoms with Gasteiger partial charge >= 0.3 is 0 Å². The summed E-state index contributed by atoms with van der Waals surface area (Å²) in [5.74, 6) is -0.172. The number of amides is 1. The predicted octanol–water partition coefficient (Wildman–Crippen LogP) is 1.99. The number of carbonyl (C=O) groups is 1. The molecule has 0 spiro atoms. The molecule has 1 amide bonds. The number of halogens is 1. The van der Waals surface area contributed by atoms with Crippen molar-refractivity contribution in [2.45, 2.75) is 32.1 Å². The van der Waals surface area contributed by atoms with Crippen LogP contribution < -0.4 is 10.5 Å². The molecule has 0 bridgehead atoms. The van der Waals surface area contributed by atoms with Gasteiger partial charge in [-0.3, -0.25) is 14.6 Å². The van der Waals surface area contributed by atoms with E-state index in [1.807, 2.05) is 41.0 Å². The largest absolute Gasteiger partial charge is 0.339 e. The zero-order chi connectivity index (χ0) is 19.0. The van der Waals surface area contributed by atoms with Crippen LogP contribution in [0, 0.1) is 12.7 Å². The van der Waals surface area contributed by atoms with Crippen LogP contribution in [0.4, 0.5) is 10.3 Å². The van der Waals surface area contributed by atoms with Crippen LogP contribution in [-0.4, -0.2) is 47.0 Å². The van der Waals surface area contributed by atoms with Gasteiger partial charge in [0.05, 0.1) is 12.1 Å². The lowest BCUT2D eigenvalue weighted by Crippen LogP contribution is -2.50. The van der Waals surface area contributed by atoms with Crippen LogP contribution in [0.2, 0.25) is 0 Å². The Kier molecular flexibility index (Phi) is 4.68. The number of hydrogen-bond donors (Lipinski definition) is 1. The highest BCUT2D eigenvalue weighted by molar-refractivity contribution is 5.79. The molecule has 1 aliphatic heterocycles. The Hall–Kier alpha value is -2.70. The summed E-state index contributed by atoms with van der Waals surface area (Å²) in [5.41, 5.74) is 1.74. The summed E-state index contributed by atoms with van der Waals surface area (Å²) in [5, 5.41) is 0. The highest BCUT2D eigenvalue weighted by Gasteiger charge is 2.31. The summed E-state index contributed by atoms with van der Waals surface area (Å²) in [6.45, 7) is 4.26. The summed E-state index contributed by atoms with van der Waals surface area (Å²) in [6.07, 6.45) is 2.16. The summed E-state index contributed by atoms with van der Waals surface area (Å²) < 4.78 is 14.0. The van der Waals surface area contributed by atoms with E-state index in [0.29, 0.717) is 38.5 Å². The van der Waals surface area contributed by atoms with Crippen LogP contribution in [0.3, 0.4) is 0 Å². The Bertz CT molecular complexity index is 914. The summed E-state index contributed by atoms with van der Waals surface area (Å²) in [6, 6.07) is 7.90. The Morgan fingerprint density at radius 3 is 2.59 bits per heavy atom. The van der Waals surface area contributed by atoms with Crippen molar-refractivity contribution in [1.29, 1.82) is 0 Å². The van der Waals surface area contributed by atoms with Gasteiger partial charge in [0.1, 0.15) is 0 Å². The lowest BCUT2D eigenvalue weighted by atomic mass is 10.1. The normalized spacial score (nSPS) is 17.3. The number of hydrogen-bond acceptors (Lipinski definition) is 4. The second kappa shape index (κ2) is 7.13. The van der Waals surface area contributed by atoms with Gasteiger partial charge in [-0.05, 0) is 30.9 Å². The van der Waals surface area contributed by atoms with E-state index in [4.69, 9.17) is 0 Å². The minimum Gasteiger partial charge on any atom is -0.339 e. The Labute approximate surface area is 157 Å². The van der Waals surface area contributed by atoms with Crippen molar-refractivity contribution in [3.05, 3.63) is 57.3 Å². The molecule has 142 valence electrons. The number of aromatic amines is 1. The zero-order valence-corrected chi connectivity index (χ0v) is 15.4. The zero-order valence-electron chi connectivity index (χ0n) is 15.4. The molecule has 27 heavy (non-hydrogen) atoms. The number of anilines is 1. The van der Waals surface area contributed by atoms with E-state index >= 15 is 0 Å². The van der Waals surface area contributed by atoms with Crippen LogP contribution in [0.5, 0.6) is 0 Å². The van der Waals surface area contributed by atoms with Gasteiger partial charge in [-0.2, -0.15) is 4.39 Å². The molecule has 0 radical (unpaired) electrons. The quantitative estimate of drug-likeness (QED) is 0.894. The van der Waals surface area contributed by atoms with E-state index in [-0.39, 0.29) is 17.5 Å². The fourth-order valence-electron chi connectivity index (χ4n) is 3.49. The summed E-state index contributed by atoms with van der Waals surface area (Å²) in [7, 11) is 0. The monoisotopic (exact) mass is 370 g/mol. The first-order valence-corrected chi connectivity index (χ1v) is 9.40. The van der Waals surface area contributed by atoms with Crippen molar-refractivity contribution >= 4 is 11.9 Å². The molecule has 0 atom stereocenters. The maximum Gasteiger partial charge on any atom is 0.288 e. The number of rotatable bonds is 4. The van der Waals surface area contributed by atoms with Crippen molar-refractivity contribution in [1.82, 2.24) is 14.9 Å². The Morgan fingerprint density at radius 2 is 1.93 bits per heavy atom. The van der Waals surface area contributed by atoms with E-state index < -0.39 is 11.4 Å². The fourth-order valence-corrected chi connectivity index (χ4v) is 3.49. The molecule has 2 aromatic rings. The molecule has 2 heterocycles. The molecule has 1 saturated heterocycles. The lowest BCUT2D eigenvalue weighted by Gasteiger charge is -2.35. The van der Waals surface area contributed by atoms with Crippen molar-refractivity contribution < 1.29 is 9.18 Å². The number of nitrogens with zero attached hydrogens (tertiary/aromatic N) is 3. The third-order valence-electron chi connectivity index (χ3n) is 5.37. The van der Waals surface area contributed by atoms with Gasteiger partial charge in [-0.25, -0.2) is 4.98 Å². The molecule has 7 heteroatoms. The average Bonchev–Trinajstić information content (AvgIpc) is 3.51. The predicted molar refractivity (Wildman–Crippen MR) is 100 cm³/mol. The number of carbonyl (C=O) groups excluding carboxylic acids is 1. The van der Waals surface area contributed by atoms with Crippen LogP contribution in [0.1, 0.15) is 35.6 Å². The molecule has 4 rings (SSSR count). The highest BCUT2D eigenvalue weighted by Crippen LogP contribution is 2.39. The Morgan fingerprint density at radius 1 is 1.22 bits per heavy atom. The highest BCUT2D eigenvalue weighted by atomic mass is 19.1. The molecule has 2 fully saturated rings. The maximum atomic E-state index is 14.0. The first-order valence-electron chi connectivity index (χ1n) is 9.40. The van der Waals surface area contributed by atoms with Gasteiger partial charge in [0.2, 0.25) is 17.7 Å². The number of aryl methyl sites for hydroxylation is 1. The second-order valence-corrected chi connectivity index (χ2v) is 7.33. The van der Waals surface area contributed by atoms with Gasteiger partial charge in [-0.15, -0.1) is 0 Å². The third kappa shape index (κ3) is 3.72. The molecule has 2 aliphatic rings. The van der Waals surface area contributed by atoms with Crippen molar-refractivity contribution in [2.24, 2.45) is 0 Å². The molecule has 1 aromatic heterocycles. The molecule has 6 nitrogen and oxygen atoms in total. The van der Waals surface area contributed by atoms with E-state index in [0.717, 1.165) is 24.0 Å². The number of piperazine rings is 1. The smallest absolute Gasteiger partial charge is 0.288 e. The van der Waals surface area contributed by atoms with Crippen molar-refractivity contribution in [3.63, 3.8) is 0 Å². The number of aromatic nitrogens is 2. The van der Waals surface area contributed by atoms with E-state index in [9.17, 15) is 14.0 Å². The second-order valence-electron chi connectivity index (χ2n) is 7.33. The molecule has 1 aromatic carbocycles. The van der Waals surface area contributed by atoms with E-state index in [1.165, 1.54) is 0 Å². The first-order chi connectivity index (χ1) is 13.0. The van der Waals surface area contributed by atoms with Crippen LogP contribution in [-0.2, 0) is 11.2 Å². The maximum absolute atomic E-state index is 14.0. The van der Waals surface area contributed by atoms with Gasteiger partial charge in [0, 0.05) is 32.1 Å². The molecular formula is C20H23FN4O2. The summed E-state index contributed by atoms with van der Waals surface area (Å²) >= 11 is 0. The number of nitrogens with one attached hydrogen (secondary N) is 1. The lowest BCUT2D eigenvalue weighted by molar-refractivity contribution is -0.130. The minimum atomic E-state index is -0.756. The molecule has 1 saturated carbocycles. The van der Waals surface area contributed by atoms with Gasteiger partial charge in [0.25, 0.3) is 5.56 Å². The molecular weight excluding hydrogens is 347 g/mol. The molecule has 1 N–H and O–H groups in total.